The van der Waals surface area contributed by atoms with Gasteiger partial charge in [0.05, 0.1) is 16.1 Å². The topological polar surface area (TPSA) is 95.6 Å². The number of carbonyl (C=O) groups is 2. The number of carbonyl (C=O) groups excluding carboxylic acids is 2. The molecule has 2 aliphatic rings. The van der Waals surface area contributed by atoms with Gasteiger partial charge in [0, 0.05) is 25.6 Å². The first-order valence-electron chi connectivity index (χ1n) is 11.1. The quantitative estimate of drug-likeness (QED) is 0.639. The minimum Gasteiger partial charge on any atom is -0.339 e. The maximum atomic E-state index is 13.0. The normalized spacial score (nSPS) is 16.2. The van der Waals surface area contributed by atoms with E-state index in [1.807, 2.05) is 24.0 Å². The molecule has 1 heterocycles. The van der Waals surface area contributed by atoms with Gasteiger partial charge in [-0.3, -0.25) is 9.59 Å². The Balaban J connectivity index is 1.37. The van der Waals surface area contributed by atoms with Crippen LogP contribution in [0.5, 0.6) is 0 Å². The smallest absolute Gasteiger partial charge is 0.256 e. The molecule has 0 spiro atoms. The number of likely N-dealkylation sites (tertiary alicyclic amines) is 1. The van der Waals surface area contributed by atoms with Crippen LogP contribution in [0.3, 0.4) is 0 Å². The Morgan fingerprint density at radius 1 is 1.03 bits per heavy atom. The van der Waals surface area contributed by atoms with Crippen LogP contribution in [0.15, 0.2) is 47.4 Å². The first-order chi connectivity index (χ1) is 15.3. The number of hydrogen-bond donors (Lipinski definition) is 2. The summed E-state index contributed by atoms with van der Waals surface area (Å²) in [6.45, 7) is 3.39. The van der Waals surface area contributed by atoms with Crippen molar-refractivity contribution in [3.8, 4) is 0 Å². The van der Waals surface area contributed by atoms with Gasteiger partial charge in [-0.2, -0.15) is 0 Å². The molecule has 1 saturated carbocycles. The summed E-state index contributed by atoms with van der Waals surface area (Å²) >= 11 is 0. The van der Waals surface area contributed by atoms with E-state index in [1.54, 1.807) is 30.3 Å². The van der Waals surface area contributed by atoms with Crippen LogP contribution in [0.25, 0.3) is 0 Å². The van der Waals surface area contributed by atoms with Crippen molar-refractivity contribution in [1.29, 1.82) is 0 Å². The summed E-state index contributed by atoms with van der Waals surface area (Å²) in [6.07, 6.45) is 4.50. The summed E-state index contributed by atoms with van der Waals surface area (Å²) in [7, 11) is -3.48. The lowest BCUT2D eigenvalue weighted by Crippen LogP contribution is -2.29. The molecule has 1 aliphatic carbocycles. The van der Waals surface area contributed by atoms with Gasteiger partial charge in [-0.05, 0) is 68.4 Å². The molecule has 0 bridgehead atoms. The highest BCUT2D eigenvalue weighted by atomic mass is 32.2. The molecule has 4 rings (SSSR count). The zero-order valence-corrected chi connectivity index (χ0v) is 19.1. The van der Waals surface area contributed by atoms with Gasteiger partial charge in [0.1, 0.15) is 0 Å². The minimum absolute atomic E-state index is 0.0347. The number of rotatable bonds is 8. The number of anilines is 1. The van der Waals surface area contributed by atoms with Gasteiger partial charge in [0.2, 0.25) is 15.9 Å². The molecule has 0 radical (unpaired) electrons. The van der Waals surface area contributed by atoms with Crippen molar-refractivity contribution in [2.45, 2.75) is 56.4 Å². The number of benzene rings is 2. The number of hydrogen-bond acceptors (Lipinski definition) is 4. The maximum absolute atomic E-state index is 13.0. The second kappa shape index (κ2) is 9.42. The van der Waals surface area contributed by atoms with Crippen molar-refractivity contribution >= 4 is 27.5 Å². The Kier molecular flexibility index (Phi) is 6.62. The SMILES string of the molecule is Cc1cccc(NC(=O)CCc2ccc(S(=O)(=O)NC3CC3)cc2)c1C(=O)N1CCCC1. The van der Waals surface area contributed by atoms with Crippen LogP contribution in [0.1, 0.15) is 53.6 Å². The van der Waals surface area contributed by atoms with Gasteiger partial charge >= 0.3 is 0 Å². The Labute approximate surface area is 189 Å². The molecule has 0 aromatic heterocycles. The Morgan fingerprint density at radius 2 is 1.72 bits per heavy atom. The summed E-state index contributed by atoms with van der Waals surface area (Å²) < 4.78 is 27.2. The molecule has 1 saturated heterocycles. The highest BCUT2D eigenvalue weighted by Gasteiger charge is 2.28. The number of nitrogens with zero attached hydrogens (tertiary/aromatic N) is 1. The fraction of sp³-hybridized carbons (Fsp3) is 0.417. The molecule has 7 nitrogen and oxygen atoms in total. The number of nitrogens with one attached hydrogen (secondary N) is 2. The van der Waals surface area contributed by atoms with E-state index in [0.717, 1.165) is 49.9 Å². The lowest BCUT2D eigenvalue weighted by molar-refractivity contribution is -0.116. The van der Waals surface area contributed by atoms with E-state index in [1.165, 1.54) is 0 Å². The number of aryl methyl sites for hydroxylation is 2. The van der Waals surface area contributed by atoms with Crippen molar-refractivity contribution < 1.29 is 18.0 Å². The zero-order chi connectivity index (χ0) is 22.7. The van der Waals surface area contributed by atoms with E-state index in [2.05, 4.69) is 10.0 Å². The first kappa shape index (κ1) is 22.5. The average molecular weight is 456 g/mol. The van der Waals surface area contributed by atoms with Crippen LogP contribution in [-0.2, 0) is 21.2 Å². The fourth-order valence-electron chi connectivity index (χ4n) is 3.93. The summed E-state index contributed by atoms with van der Waals surface area (Å²) in [6, 6.07) is 12.2. The average Bonchev–Trinajstić information content (AvgIpc) is 3.38. The molecular formula is C24H29N3O4S. The van der Waals surface area contributed by atoms with Gasteiger partial charge in [0.25, 0.3) is 5.91 Å². The standard InChI is InChI=1S/C24H29N3O4S/c1-17-5-4-6-21(23(17)24(29)27-15-2-3-16-27)25-22(28)14-9-18-7-12-20(13-8-18)32(30,31)26-19-10-11-19/h4-8,12-13,19,26H,2-3,9-11,14-16H2,1H3,(H,25,28). The molecule has 8 heteroatoms. The predicted molar refractivity (Wildman–Crippen MR) is 123 cm³/mol. The van der Waals surface area contributed by atoms with Gasteiger partial charge in [-0.25, -0.2) is 13.1 Å². The second-order valence-electron chi connectivity index (χ2n) is 8.58. The van der Waals surface area contributed by atoms with Gasteiger partial charge in [-0.1, -0.05) is 24.3 Å². The van der Waals surface area contributed by atoms with E-state index >= 15 is 0 Å². The van der Waals surface area contributed by atoms with Crippen molar-refractivity contribution in [3.63, 3.8) is 0 Å². The molecule has 2 fully saturated rings. The lowest BCUT2D eigenvalue weighted by atomic mass is 10.0. The third kappa shape index (κ3) is 5.37. The van der Waals surface area contributed by atoms with Crippen LogP contribution in [0.4, 0.5) is 5.69 Å². The van der Waals surface area contributed by atoms with E-state index in [0.29, 0.717) is 17.7 Å². The van der Waals surface area contributed by atoms with Crippen LogP contribution >= 0.6 is 0 Å². The molecule has 2 N–H and O–H groups in total. The Hall–Kier alpha value is -2.71. The highest BCUT2D eigenvalue weighted by molar-refractivity contribution is 7.89. The molecule has 2 aromatic carbocycles. The maximum Gasteiger partial charge on any atom is 0.256 e. The zero-order valence-electron chi connectivity index (χ0n) is 18.3. The minimum atomic E-state index is -3.48. The van der Waals surface area contributed by atoms with Crippen LogP contribution in [0.2, 0.25) is 0 Å². The van der Waals surface area contributed by atoms with Crippen LogP contribution in [-0.4, -0.2) is 44.3 Å². The van der Waals surface area contributed by atoms with Crippen LogP contribution < -0.4 is 10.0 Å². The highest BCUT2D eigenvalue weighted by Crippen LogP contribution is 2.25. The van der Waals surface area contributed by atoms with Crippen molar-refractivity contribution in [2.24, 2.45) is 0 Å². The van der Waals surface area contributed by atoms with E-state index in [-0.39, 0.29) is 29.2 Å². The van der Waals surface area contributed by atoms with Crippen LogP contribution in [0, 0.1) is 6.92 Å². The molecule has 170 valence electrons. The first-order valence-corrected chi connectivity index (χ1v) is 12.6. The van der Waals surface area contributed by atoms with Gasteiger partial charge in [-0.15, -0.1) is 0 Å². The van der Waals surface area contributed by atoms with Crippen molar-refractivity contribution in [2.75, 3.05) is 18.4 Å². The Bertz CT molecular complexity index is 1100. The lowest BCUT2D eigenvalue weighted by Gasteiger charge is -2.19. The van der Waals surface area contributed by atoms with Gasteiger partial charge < -0.3 is 10.2 Å². The molecule has 32 heavy (non-hydrogen) atoms. The summed E-state index contributed by atoms with van der Waals surface area (Å²) in [5, 5.41) is 2.90. The monoisotopic (exact) mass is 455 g/mol. The third-order valence-electron chi connectivity index (χ3n) is 5.93. The second-order valence-corrected chi connectivity index (χ2v) is 10.3. The summed E-state index contributed by atoms with van der Waals surface area (Å²) in [4.78, 5) is 27.6. The number of amides is 2. The van der Waals surface area contributed by atoms with Crippen molar-refractivity contribution in [3.05, 3.63) is 59.2 Å². The molecule has 0 unspecified atom stereocenters. The van der Waals surface area contributed by atoms with Gasteiger partial charge in [0.15, 0.2) is 0 Å². The number of sulfonamides is 1. The summed E-state index contributed by atoms with van der Waals surface area (Å²) in [5.41, 5.74) is 2.82. The van der Waals surface area contributed by atoms with E-state index < -0.39 is 10.0 Å². The predicted octanol–water partition coefficient (Wildman–Crippen LogP) is 3.24. The summed E-state index contributed by atoms with van der Waals surface area (Å²) in [5.74, 6) is -0.217. The largest absolute Gasteiger partial charge is 0.339 e. The Morgan fingerprint density at radius 3 is 2.38 bits per heavy atom. The molecule has 2 aromatic rings. The van der Waals surface area contributed by atoms with Crippen molar-refractivity contribution in [1.82, 2.24) is 9.62 Å². The fourth-order valence-corrected chi connectivity index (χ4v) is 5.23. The third-order valence-corrected chi connectivity index (χ3v) is 7.46. The molecule has 0 atom stereocenters. The molecular weight excluding hydrogens is 426 g/mol. The van der Waals surface area contributed by atoms with E-state index in [4.69, 9.17) is 0 Å². The van der Waals surface area contributed by atoms with E-state index in [9.17, 15) is 18.0 Å². The molecule has 2 amide bonds. The molecule has 1 aliphatic heterocycles.